The lowest BCUT2D eigenvalue weighted by Gasteiger charge is -2.22. The summed E-state index contributed by atoms with van der Waals surface area (Å²) in [5.74, 6) is 0.248. The highest BCUT2D eigenvalue weighted by Crippen LogP contribution is 2.26. The fourth-order valence-electron chi connectivity index (χ4n) is 2.88. The summed E-state index contributed by atoms with van der Waals surface area (Å²) in [5.41, 5.74) is 7.71. The van der Waals surface area contributed by atoms with Crippen LogP contribution in [0.25, 0.3) is 11.0 Å². The molecule has 0 spiro atoms. The molecule has 0 aliphatic heterocycles. The molecule has 24 heavy (non-hydrogen) atoms. The van der Waals surface area contributed by atoms with Crippen LogP contribution in [0.5, 0.6) is 0 Å². The second-order valence-corrected chi connectivity index (χ2v) is 6.32. The minimum atomic E-state index is -0.157. The third-order valence-corrected chi connectivity index (χ3v) is 4.46. The van der Waals surface area contributed by atoms with Gasteiger partial charge in [-0.2, -0.15) is 5.10 Å². The molecule has 1 heterocycles. The fraction of sp³-hybridized carbons (Fsp3) is 0.316. The van der Waals surface area contributed by atoms with Crippen molar-refractivity contribution >= 4 is 22.7 Å². The summed E-state index contributed by atoms with van der Waals surface area (Å²) in [4.78, 5) is 16.5. The number of amides is 1. The molecule has 1 aliphatic rings. The van der Waals surface area contributed by atoms with E-state index in [0.29, 0.717) is 5.92 Å². The Labute approximate surface area is 141 Å². The van der Waals surface area contributed by atoms with Gasteiger partial charge in [0.25, 0.3) is 5.91 Å². The fourth-order valence-corrected chi connectivity index (χ4v) is 2.88. The Morgan fingerprint density at radius 3 is 3.04 bits per heavy atom. The molecular formula is C19H22N4O. The third-order valence-electron chi connectivity index (χ3n) is 4.46. The predicted octanol–water partition coefficient (Wildman–Crippen LogP) is 3.44. The molecule has 1 aromatic carbocycles. The Balaban J connectivity index is 1.67. The summed E-state index contributed by atoms with van der Waals surface area (Å²) in [6, 6.07) is 7.75. The molecule has 0 saturated carbocycles. The summed E-state index contributed by atoms with van der Waals surface area (Å²) >= 11 is 0. The van der Waals surface area contributed by atoms with Gasteiger partial charge in [0, 0.05) is 0 Å². The number of aromatic nitrogens is 2. The van der Waals surface area contributed by atoms with Gasteiger partial charge >= 0.3 is 0 Å². The highest BCUT2D eigenvalue weighted by atomic mass is 16.2. The number of hydrazone groups is 1. The van der Waals surface area contributed by atoms with Crippen LogP contribution in [0.3, 0.4) is 0 Å². The highest BCUT2D eigenvalue weighted by Gasteiger charge is 2.18. The number of fused-ring (bicyclic) bond motifs is 1. The van der Waals surface area contributed by atoms with Crippen LogP contribution in [-0.4, -0.2) is 21.2 Å². The van der Waals surface area contributed by atoms with Crippen molar-refractivity contribution in [3.63, 3.8) is 0 Å². The summed E-state index contributed by atoms with van der Waals surface area (Å²) in [5, 5.41) is 4.33. The van der Waals surface area contributed by atoms with Gasteiger partial charge in [0.1, 0.15) is 6.54 Å². The average Bonchev–Trinajstić information content (AvgIpc) is 2.97. The molecule has 5 heteroatoms. The number of rotatable bonds is 4. The molecule has 3 rings (SSSR count). The molecule has 1 aliphatic carbocycles. The Morgan fingerprint density at radius 1 is 1.46 bits per heavy atom. The van der Waals surface area contributed by atoms with E-state index in [2.05, 4.69) is 28.2 Å². The van der Waals surface area contributed by atoms with Crippen molar-refractivity contribution in [2.45, 2.75) is 33.2 Å². The molecule has 1 amide bonds. The summed E-state index contributed by atoms with van der Waals surface area (Å²) in [7, 11) is 0. The van der Waals surface area contributed by atoms with Gasteiger partial charge in [-0.15, -0.1) is 0 Å². The molecule has 1 N–H and O–H groups in total. The first kappa shape index (κ1) is 16.2. The maximum atomic E-state index is 12.2. The second kappa shape index (κ2) is 6.83. The Morgan fingerprint density at radius 2 is 2.25 bits per heavy atom. The Bertz CT molecular complexity index is 844. The smallest absolute Gasteiger partial charge is 0.260 e. The van der Waals surface area contributed by atoms with E-state index in [1.54, 1.807) is 6.33 Å². The first-order chi connectivity index (χ1) is 11.5. The predicted molar refractivity (Wildman–Crippen MR) is 96.6 cm³/mol. The first-order valence-electron chi connectivity index (χ1n) is 8.12. The van der Waals surface area contributed by atoms with E-state index < -0.39 is 0 Å². The van der Waals surface area contributed by atoms with Crippen LogP contribution in [-0.2, 0) is 11.3 Å². The van der Waals surface area contributed by atoms with Crippen LogP contribution < -0.4 is 5.43 Å². The van der Waals surface area contributed by atoms with E-state index in [1.807, 2.05) is 42.7 Å². The molecule has 1 unspecified atom stereocenters. The van der Waals surface area contributed by atoms with Crippen LogP contribution in [0, 0.1) is 5.92 Å². The van der Waals surface area contributed by atoms with E-state index in [-0.39, 0.29) is 12.5 Å². The molecule has 2 aromatic rings. The number of benzene rings is 1. The van der Waals surface area contributed by atoms with Gasteiger partial charge in [-0.1, -0.05) is 30.4 Å². The standard InChI is InChI=1S/C19H22N4O/c1-13(2)15-9-8-14(3)17(10-15)21-22-19(24)11-23-12-20-16-6-4-5-7-18(16)23/h4-8,12,15H,1,9-11H2,2-3H3,(H,22,24)/b21-17-. The van der Waals surface area contributed by atoms with Crippen molar-refractivity contribution in [3.8, 4) is 0 Å². The van der Waals surface area contributed by atoms with Crippen molar-refractivity contribution in [2.24, 2.45) is 11.0 Å². The van der Waals surface area contributed by atoms with Crippen LogP contribution >= 0.6 is 0 Å². The largest absolute Gasteiger partial charge is 0.321 e. The quantitative estimate of drug-likeness (QED) is 0.692. The number of carbonyl (C=O) groups excluding carboxylic acids is 1. The van der Waals surface area contributed by atoms with Gasteiger partial charge in [-0.05, 0) is 50.3 Å². The minimum absolute atomic E-state index is 0.157. The Hall–Kier alpha value is -2.69. The lowest BCUT2D eigenvalue weighted by molar-refractivity contribution is -0.121. The number of carbonyl (C=O) groups is 1. The molecule has 5 nitrogen and oxygen atoms in total. The van der Waals surface area contributed by atoms with Gasteiger partial charge in [-0.25, -0.2) is 10.4 Å². The van der Waals surface area contributed by atoms with E-state index >= 15 is 0 Å². The van der Waals surface area contributed by atoms with Crippen molar-refractivity contribution in [3.05, 3.63) is 54.4 Å². The topological polar surface area (TPSA) is 59.3 Å². The number of nitrogens with zero attached hydrogens (tertiary/aromatic N) is 3. The van der Waals surface area contributed by atoms with Crippen molar-refractivity contribution in [1.29, 1.82) is 0 Å². The molecule has 124 valence electrons. The first-order valence-corrected chi connectivity index (χ1v) is 8.12. The van der Waals surface area contributed by atoms with E-state index in [0.717, 1.165) is 40.7 Å². The van der Waals surface area contributed by atoms with Crippen LogP contribution in [0.4, 0.5) is 0 Å². The van der Waals surface area contributed by atoms with Gasteiger partial charge in [-0.3, -0.25) is 4.79 Å². The van der Waals surface area contributed by atoms with Gasteiger partial charge in [0.15, 0.2) is 0 Å². The van der Waals surface area contributed by atoms with E-state index in [9.17, 15) is 4.79 Å². The Kier molecular flexibility index (Phi) is 4.60. The lowest BCUT2D eigenvalue weighted by Crippen LogP contribution is -2.26. The van der Waals surface area contributed by atoms with Crippen LogP contribution in [0.15, 0.2) is 59.5 Å². The maximum absolute atomic E-state index is 12.2. The SMILES string of the molecule is C=C(C)C1CC=C(C)/C(=N\NC(=O)Cn2cnc3ccccc32)C1. The normalized spacial score (nSPS) is 19.3. The molecule has 1 aromatic heterocycles. The van der Waals surface area contributed by atoms with Crippen molar-refractivity contribution in [1.82, 2.24) is 15.0 Å². The summed E-state index contributed by atoms with van der Waals surface area (Å²) in [6.45, 7) is 8.30. The molecule has 0 fully saturated rings. The highest BCUT2D eigenvalue weighted by molar-refractivity contribution is 6.01. The molecular weight excluding hydrogens is 300 g/mol. The van der Waals surface area contributed by atoms with Crippen molar-refractivity contribution in [2.75, 3.05) is 0 Å². The maximum Gasteiger partial charge on any atom is 0.260 e. The number of hydrogen-bond donors (Lipinski definition) is 1. The number of para-hydroxylation sites is 2. The number of hydrogen-bond acceptors (Lipinski definition) is 3. The molecule has 1 atom stereocenters. The molecule has 0 bridgehead atoms. The number of allylic oxidation sites excluding steroid dienone is 3. The van der Waals surface area contributed by atoms with E-state index in [1.165, 1.54) is 0 Å². The van der Waals surface area contributed by atoms with Gasteiger partial charge in [0.2, 0.25) is 0 Å². The lowest BCUT2D eigenvalue weighted by atomic mass is 9.85. The average molecular weight is 322 g/mol. The third kappa shape index (κ3) is 3.45. The van der Waals surface area contributed by atoms with Crippen LogP contribution in [0.2, 0.25) is 0 Å². The number of imidazole rings is 1. The summed E-state index contributed by atoms with van der Waals surface area (Å²) in [6.07, 6.45) is 5.67. The molecule has 0 radical (unpaired) electrons. The zero-order chi connectivity index (χ0) is 17.1. The zero-order valence-electron chi connectivity index (χ0n) is 14.1. The zero-order valence-corrected chi connectivity index (χ0v) is 14.1. The summed E-state index contributed by atoms with van der Waals surface area (Å²) < 4.78 is 1.82. The monoisotopic (exact) mass is 322 g/mol. The van der Waals surface area contributed by atoms with Crippen LogP contribution in [0.1, 0.15) is 26.7 Å². The van der Waals surface area contributed by atoms with Gasteiger partial charge in [0.05, 0.1) is 23.1 Å². The minimum Gasteiger partial charge on any atom is -0.321 e. The van der Waals surface area contributed by atoms with Crippen molar-refractivity contribution < 1.29 is 4.79 Å². The molecule has 0 saturated heterocycles. The van der Waals surface area contributed by atoms with Gasteiger partial charge < -0.3 is 4.57 Å². The second-order valence-electron chi connectivity index (χ2n) is 6.32. The number of nitrogens with one attached hydrogen (secondary N) is 1. The van der Waals surface area contributed by atoms with E-state index in [4.69, 9.17) is 0 Å².